The zero-order chi connectivity index (χ0) is 20.8. The van der Waals surface area contributed by atoms with E-state index in [9.17, 15) is 4.79 Å². The predicted molar refractivity (Wildman–Crippen MR) is 122 cm³/mol. The first-order valence-electron chi connectivity index (χ1n) is 10.5. The van der Waals surface area contributed by atoms with E-state index in [2.05, 4.69) is 31.8 Å². The number of nitrogens with one attached hydrogen (secondary N) is 2. The van der Waals surface area contributed by atoms with Crippen molar-refractivity contribution >= 4 is 23.1 Å². The molecule has 4 rings (SSSR count). The normalized spacial score (nSPS) is 14.1. The van der Waals surface area contributed by atoms with Crippen molar-refractivity contribution in [3.63, 3.8) is 0 Å². The molecule has 1 fully saturated rings. The van der Waals surface area contributed by atoms with Crippen LogP contribution in [-0.2, 0) is 0 Å². The first-order valence-corrected chi connectivity index (χ1v) is 10.5. The molecule has 1 aliphatic rings. The Morgan fingerprint density at radius 3 is 2.07 bits per heavy atom. The van der Waals surface area contributed by atoms with Crippen molar-refractivity contribution in [2.75, 3.05) is 35.7 Å². The number of hydrogen-bond acceptors (Lipinski definition) is 5. The van der Waals surface area contributed by atoms with E-state index in [-0.39, 0.29) is 5.91 Å². The van der Waals surface area contributed by atoms with E-state index in [1.165, 1.54) is 25.7 Å². The molecule has 0 aliphatic carbocycles. The van der Waals surface area contributed by atoms with E-state index in [4.69, 9.17) is 0 Å². The molecule has 1 aromatic heterocycles. The Morgan fingerprint density at radius 1 is 0.800 bits per heavy atom. The summed E-state index contributed by atoms with van der Waals surface area (Å²) in [5.41, 5.74) is 4.14. The Morgan fingerprint density at radius 2 is 1.47 bits per heavy atom. The van der Waals surface area contributed by atoms with Gasteiger partial charge in [-0.15, -0.1) is 10.2 Å². The third kappa shape index (κ3) is 4.76. The van der Waals surface area contributed by atoms with Crippen molar-refractivity contribution in [1.82, 2.24) is 10.2 Å². The Labute approximate surface area is 177 Å². The average molecular weight is 402 g/mol. The van der Waals surface area contributed by atoms with Crippen LogP contribution in [0.4, 0.5) is 17.2 Å². The van der Waals surface area contributed by atoms with Gasteiger partial charge in [-0.3, -0.25) is 4.79 Å². The molecule has 6 nitrogen and oxygen atoms in total. The highest BCUT2D eigenvalue weighted by Gasteiger charge is 2.12. The van der Waals surface area contributed by atoms with Gasteiger partial charge in [-0.05, 0) is 61.4 Å². The molecule has 1 aliphatic heterocycles. The number of amides is 1. The van der Waals surface area contributed by atoms with Crippen LogP contribution in [0, 0.1) is 0 Å². The van der Waals surface area contributed by atoms with Crippen LogP contribution < -0.4 is 15.5 Å². The molecule has 30 heavy (non-hydrogen) atoms. The molecule has 2 aromatic carbocycles. The zero-order valence-corrected chi connectivity index (χ0v) is 17.3. The lowest BCUT2D eigenvalue weighted by atomic mass is 10.1. The van der Waals surface area contributed by atoms with Crippen molar-refractivity contribution in [3.05, 3.63) is 66.2 Å². The molecule has 0 unspecified atom stereocenters. The highest BCUT2D eigenvalue weighted by atomic mass is 16.1. The van der Waals surface area contributed by atoms with E-state index in [0.717, 1.165) is 41.5 Å². The van der Waals surface area contributed by atoms with E-state index in [0.29, 0.717) is 5.56 Å². The van der Waals surface area contributed by atoms with Gasteiger partial charge in [0.2, 0.25) is 0 Å². The Kier molecular flexibility index (Phi) is 6.23. The summed E-state index contributed by atoms with van der Waals surface area (Å²) < 4.78 is 0. The fraction of sp³-hybridized carbons (Fsp3) is 0.292. The average Bonchev–Trinajstić information content (AvgIpc) is 3.09. The molecular weight excluding hydrogens is 374 g/mol. The van der Waals surface area contributed by atoms with Gasteiger partial charge in [0.25, 0.3) is 5.91 Å². The van der Waals surface area contributed by atoms with Gasteiger partial charge in [-0.25, -0.2) is 0 Å². The lowest BCUT2D eigenvalue weighted by molar-refractivity contribution is 0.102. The molecule has 3 aromatic rings. The minimum atomic E-state index is -0.132. The molecule has 0 bridgehead atoms. The fourth-order valence-electron chi connectivity index (χ4n) is 3.66. The van der Waals surface area contributed by atoms with Gasteiger partial charge in [0, 0.05) is 42.6 Å². The summed E-state index contributed by atoms with van der Waals surface area (Å²) in [7, 11) is 1.85. The number of hydrogen-bond donors (Lipinski definition) is 2. The monoisotopic (exact) mass is 401 g/mol. The van der Waals surface area contributed by atoms with Crippen molar-refractivity contribution in [2.24, 2.45) is 0 Å². The number of carbonyl (C=O) groups is 1. The molecule has 0 saturated carbocycles. The molecule has 0 radical (unpaired) electrons. The summed E-state index contributed by atoms with van der Waals surface area (Å²) in [5, 5.41) is 14.8. The van der Waals surface area contributed by atoms with Gasteiger partial charge in [0.05, 0.1) is 5.69 Å². The molecule has 0 atom stereocenters. The van der Waals surface area contributed by atoms with Gasteiger partial charge in [0.1, 0.15) is 0 Å². The molecule has 1 saturated heterocycles. The number of nitrogens with zero attached hydrogens (tertiary/aromatic N) is 3. The van der Waals surface area contributed by atoms with Crippen LogP contribution in [-0.4, -0.2) is 36.2 Å². The quantitative estimate of drug-likeness (QED) is 0.642. The first-order chi connectivity index (χ1) is 14.7. The van der Waals surface area contributed by atoms with E-state index in [1.54, 1.807) is 12.1 Å². The minimum Gasteiger partial charge on any atom is -0.388 e. The van der Waals surface area contributed by atoms with Crippen molar-refractivity contribution in [3.8, 4) is 11.3 Å². The predicted octanol–water partition coefficient (Wildman–Crippen LogP) is 4.82. The van der Waals surface area contributed by atoms with E-state index in [1.807, 2.05) is 49.5 Å². The summed E-state index contributed by atoms with van der Waals surface area (Å²) in [6.07, 6.45) is 5.03. The third-order valence-corrected chi connectivity index (χ3v) is 5.45. The Hall–Kier alpha value is -3.41. The van der Waals surface area contributed by atoms with Gasteiger partial charge >= 0.3 is 0 Å². The van der Waals surface area contributed by atoms with Crippen LogP contribution >= 0.6 is 0 Å². The largest absolute Gasteiger partial charge is 0.388 e. The van der Waals surface area contributed by atoms with Gasteiger partial charge in [-0.1, -0.05) is 25.0 Å². The zero-order valence-electron chi connectivity index (χ0n) is 17.3. The lowest BCUT2D eigenvalue weighted by Gasteiger charge is -2.20. The topological polar surface area (TPSA) is 70.2 Å². The number of aromatic nitrogens is 2. The molecule has 2 heterocycles. The molecule has 2 N–H and O–H groups in total. The van der Waals surface area contributed by atoms with Crippen molar-refractivity contribution < 1.29 is 4.79 Å². The minimum absolute atomic E-state index is 0.132. The van der Waals surface area contributed by atoms with Crippen LogP contribution in [0.3, 0.4) is 0 Å². The smallest absolute Gasteiger partial charge is 0.255 e. The van der Waals surface area contributed by atoms with Gasteiger partial charge in [0.15, 0.2) is 5.82 Å². The summed E-state index contributed by atoms with van der Waals surface area (Å²) >= 11 is 0. The SMILES string of the molecule is CNc1ccc(C(=O)Nc2ccc(-c3ccc(N4CCCCCC4)nn3)cc2)cc1. The summed E-state index contributed by atoms with van der Waals surface area (Å²) in [4.78, 5) is 14.7. The van der Waals surface area contributed by atoms with Crippen molar-refractivity contribution in [2.45, 2.75) is 25.7 Å². The van der Waals surface area contributed by atoms with Crippen LogP contribution in [0.25, 0.3) is 11.3 Å². The number of anilines is 3. The second kappa shape index (κ2) is 9.39. The van der Waals surface area contributed by atoms with Crippen LogP contribution in [0.1, 0.15) is 36.0 Å². The van der Waals surface area contributed by atoms with Gasteiger partial charge < -0.3 is 15.5 Å². The van der Waals surface area contributed by atoms with E-state index >= 15 is 0 Å². The van der Waals surface area contributed by atoms with Gasteiger partial charge in [-0.2, -0.15) is 0 Å². The van der Waals surface area contributed by atoms with Crippen LogP contribution in [0.15, 0.2) is 60.7 Å². The fourth-order valence-corrected chi connectivity index (χ4v) is 3.66. The maximum atomic E-state index is 12.4. The summed E-state index contributed by atoms with van der Waals surface area (Å²) in [5.74, 6) is 0.820. The number of rotatable bonds is 5. The second-order valence-corrected chi connectivity index (χ2v) is 7.54. The number of carbonyl (C=O) groups excluding carboxylic acids is 1. The molecule has 0 spiro atoms. The highest BCUT2D eigenvalue weighted by molar-refractivity contribution is 6.04. The number of benzene rings is 2. The maximum Gasteiger partial charge on any atom is 0.255 e. The second-order valence-electron chi connectivity index (χ2n) is 7.54. The molecular formula is C24H27N5O. The van der Waals surface area contributed by atoms with Crippen molar-refractivity contribution in [1.29, 1.82) is 0 Å². The highest BCUT2D eigenvalue weighted by Crippen LogP contribution is 2.22. The molecule has 6 heteroatoms. The summed E-state index contributed by atoms with van der Waals surface area (Å²) in [6, 6.07) is 19.1. The van der Waals surface area contributed by atoms with Crippen LogP contribution in [0.2, 0.25) is 0 Å². The first kappa shape index (κ1) is 19.9. The third-order valence-electron chi connectivity index (χ3n) is 5.45. The van der Waals surface area contributed by atoms with E-state index < -0.39 is 0 Å². The molecule has 154 valence electrons. The lowest BCUT2D eigenvalue weighted by Crippen LogP contribution is -2.25. The maximum absolute atomic E-state index is 12.4. The molecule has 1 amide bonds. The van der Waals surface area contributed by atoms with Crippen LogP contribution in [0.5, 0.6) is 0 Å². The standard InChI is InChI=1S/C24H27N5O/c1-25-20-10-8-19(9-11-20)24(30)26-21-12-6-18(7-13-21)22-14-15-23(28-27-22)29-16-4-2-3-5-17-29/h6-15,25H,2-5,16-17H2,1H3,(H,26,30). The Balaban J connectivity index is 1.40. The Bertz CT molecular complexity index is 960. The summed E-state index contributed by atoms with van der Waals surface area (Å²) in [6.45, 7) is 2.11.